The van der Waals surface area contributed by atoms with Gasteiger partial charge in [-0.1, -0.05) is 6.92 Å². The Morgan fingerprint density at radius 3 is 2.59 bits per heavy atom. The van der Waals surface area contributed by atoms with E-state index < -0.39 is 10.2 Å². The number of aromatic nitrogens is 2. The van der Waals surface area contributed by atoms with E-state index in [1.807, 2.05) is 17.9 Å². The summed E-state index contributed by atoms with van der Waals surface area (Å²) in [4.78, 5) is 10.4. The van der Waals surface area contributed by atoms with Crippen LogP contribution in [0.4, 0.5) is 5.95 Å². The van der Waals surface area contributed by atoms with Crippen LogP contribution in [-0.2, 0) is 10.2 Å². The van der Waals surface area contributed by atoms with Crippen LogP contribution < -0.4 is 9.62 Å². The number of nitrogens with one attached hydrogen (secondary N) is 1. The van der Waals surface area contributed by atoms with Crippen molar-refractivity contribution in [2.45, 2.75) is 20.3 Å². The van der Waals surface area contributed by atoms with Crippen molar-refractivity contribution in [1.82, 2.24) is 19.0 Å². The molecular formula is C13H20N6O2S. The molecule has 0 bridgehead atoms. The maximum absolute atomic E-state index is 12.1. The standard InChI is InChI=1S/C13H20N6O2S/c1-3-4-15-22(20,21)19-7-5-18(6-8-19)13-16-11(2)9-12(10-14)17-13/h9,15H,3-8H2,1-2H3. The van der Waals surface area contributed by atoms with E-state index in [2.05, 4.69) is 14.7 Å². The molecule has 22 heavy (non-hydrogen) atoms. The first-order valence-electron chi connectivity index (χ1n) is 7.21. The van der Waals surface area contributed by atoms with Gasteiger partial charge >= 0.3 is 0 Å². The van der Waals surface area contributed by atoms with Gasteiger partial charge < -0.3 is 4.90 Å². The van der Waals surface area contributed by atoms with Crippen LogP contribution in [0.5, 0.6) is 0 Å². The number of hydrogen-bond donors (Lipinski definition) is 1. The van der Waals surface area contributed by atoms with Gasteiger partial charge in [0.15, 0.2) is 0 Å². The molecule has 1 N–H and O–H groups in total. The van der Waals surface area contributed by atoms with Crippen molar-refractivity contribution in [1.29, 1.82) is 5.26 Å². The molecule has 120 valence electrons. The number of hydrogen-bond acceptors (Lipinski definition) is 6. The summed E-state index contributed by atoms with van der Waals surface area (Å²) in [5, 5.41) is 8.96. The van der Waals surface area contributed by atoms with Crippen LogP contribution in [0.3, 0.4) is 0 Å². The van der Waals surface area contributed by atoms with E-state index in [-0.39, 0.29) is 0 Å². The predicted octanol–water partition coefficient (Wildman–Crippen LogP) is 0.0231. The molecule has 1 fully saturated rings. The van der Waals surface area contributed by atoms with Crippen molar-refractivity contribution in [3.8, 4) is 6.07 Å². The lowest BCUT2D eigenvalue weighted by Gasteiger charge is -2.34. The topological polar surface area (TPSA) is 102 Å². The van der Waals surface area contributed by atoms with Gasteiger partial charge in [0.05, 0.1) is 0 Å². The molecule has 1 aromatic rings. The van der Waals surface area contributed by atoms with Crippen molar-refractivity contribution in [2.75, 3.05) is 37.6 Å². The molecule has 0 radical (unpaired) electrons. The van der Waals surface area contributed by atoms with E-state index in [1.54, 1.807) is 13.0 Å². The number of aryl methyl sites for hydroxylation is 1. The van der Waals surface area contributed by atoms with Gasteiger partial charge in [-0.2, -0.15) is 18.0 Å². The van der Waals surface area contributed by atoms with E-state index in [9.17, 15) is 8.42 Å². The highest BCUT2D eigenvalue weighted by Crippen LogP contribution is 2.14. The zero-order valence-electron chi connectivity index (χ0n) is 12.8. The molecule has 1 aliphatic rings. The summed E-state index contributed by atoms with van der Waals surface area (Å²) in [5.41, 5.74) is 1.04. The fraction of sp³-hybridized carbons (Fsp3) is 0.615. The molecule has 8 nitrogen and oxygen atoms in total. The fourth-order valence-electron chi connectivity index (χ4n) is 2.20. The Hall–Kier alpha value is -1.76. The van der Waals surface area contributed by atoms with E-state index in [1.165, 1.54) is 4.31 Å². The lowest BCUT2D eigenvalue weighted by atomic mass is 10.3. The minimum absolute atomic E-state index is 0.321. The van der Waals surface area contributed by atoms with Gasteiger partial charge in [0.2, 0.25) is 5.95 Å². The van der Waals surface area contributed by atoms with Crippen molar-refractivity contribution >= 4 is 16.2 Å². The van der Waals surface area contributed by atoms with Gasteiger partial charge in [-0.05, 0) is 19.4 Å². The molecule has 0 unspecified atom stereocenters. The summed E-state index contributed by atoms with van der Waals surface area (Å²) in [5.74, 6) is 0.482. The van der Waals surface area contributed by atoms with Crippen LogP contribution in [0.1, 0.15) is 24.7 Å². The Bertz CT molecular complexity index is 662. The molecule has 0 amide bonds. The number of anilines is 1. The third kappa shape index (κ3) is 3.91. The fourth-order valence-corrected chi connectivity index (χ4v) is 3.49. The second kappa shape index (κ2) is 7.00. The summed E-state index contributed by atoms with van der Waals surface area (Å²) >= 11 is 0. The Morgan fingerprint density at radius 1 is 1.32 bits per heavy atom. The van der Waals surface area contributed by atoms with Crippen LogP contribution in [0.25, 0.3) is 0 Å². The predicted molar refractivity (Wildman–Crippen MR) is 82.5 cm³/mol. The van der Waals surface area contributed by atoms with E-state index in [0.29, 0.717) is 44.4 Å². The average molecular weight is 324 g/mol. The Balaban J connectivity index is 2.04. The summed E-state index contributed by atoms with van der Waals surface area (Å²) in [6, 6.07) is 3.63. The molecule has 2 rings (SSSR count). The number of piperazine rings is 1. The van der Waals surface area contributed by atoms with Gasteiger partial charge in [-0.3, -0.25) is 0 Å². The average Bonchev–Trinajstić information content (AvgIpc) is 2.52. The third-order valence-electron chi connectivity index (χ3n) is 3.35. The second-order valence-electron chi connectivity index (χ2n) is 5.09. The van der Waals surface area contributed by atoms with Crippen LogP contribution in [-0.4, -0.2) is 55.4 Å². The lowest BCUT2D eigenvalue weighted by Crippen LogP contribution is -2.52. The highest BCUT2D eigenvalue weighted by Gasteiger charge is 2.27. The van der Waals surface area contributed by atoms with Gasteiger partial charge in [0.1, 0.15) is 11.8 Å². The summed E-state index contributed by atoms with van der Waals surface area (Å²) in [6.07, 6.45) is 0.757. The van der Waals surface area contributed by atoms with Crippen LogP contribution in [0, 0.1) is 18.3 Å². The minimum atomic E-state index is -3.41. The molecule has 0 aliphatic carbocycles. The maximum atomic E-state index is 12.1. The van der Waals surface area contributed by atoms with E-state index >= 15 is 0 Å². The number of nitriles is 1. The molecule has 0 spiro atoms. The second-order valence-corrected chi connectivity index (χ2v) is 6.85. The van der Waals surface area contributed by atoms with Crippen molar-refractivity contribution in [2.24, 2.45) is 0 Å². The highest BCUT2D eigenvalue weighted by atomic mass is 32.2. The minimum Gasteiger partial charge on any atom is -0.338 e. The van der Waals surface area contributed by atoms with Crippen LogP contribution in [0.15, 0.2) is 6.07 Å². The largest absolute Gasteiger partial charge is 0.338 e. The normalized spacial score (nSPS) is 16.5. The molecule has 0 atom stereocenters. The zero-order valence-corrected chi connectivity index (χ0v) is 13.6. The lowest BCUT2D eigenvalue weighted by molar-refractivity contribution is 0.376. The quantitative estimate of drug-likeness (QED) is 0.819. The van der Waals surface area contributed by atoms with Gasteiger partial charge in [-0.25, -0.2) is 14.7 Å². The Kier molecular flexibility index (Phi) is 5.28. The van der Waals surface area contributed by atoms with Gasteiger partial charge in [-0.15, -0.1) is 0 Å². The first-order chi connectivity index (χ1) is 10.5. The first kappa shape index (κ1) is 16.6. The monoisotopic (exact) mass is 324 g/mol. The third-order valence-corrected chi connectivity index (χ3v) is 4.97. The first-order valence-corrected chi connectivity index (χ1v) is 8.65. The molecule has 2 heterocycles. The molecule has 9 heteroatoms. The number of rotatable bonds is 5. The van der Waals surface area contributed by atoms with Crippen LogP contribution >= 0.6 is 0 Å². The SMILES string of the molecule is CCCNS(=O)(=O)N1CCN(c2nc(C)cc(C#N)n2)CC1. The summed E-state index contributed by atoms with van der Waals surface area (Å²) in [7, 11) is -3.41. The Labute approximate surface area is 131 Å². The van der Waals surface area contributed by atoms with Gasteiger partial charge in [0.25, 0.3) is 10.2 Å². The molecule has 0 saturated carbocycles. The van der Waals surface area contributed by atoms with Crippen molar-refractivity contribution < 1.29 is 8.42 Å². The number of nitrogens with zero attached hydrogens (tertiary/aromatic N) is 5. The maximum Gasteiger partial charge on any atom is 0.279 e. The molecule has 1 aromatic heterocycles. The summed E-state index contributed by atoms with van der Waals surface area (Å²) < 4.78 is 28.1. The van der Waals surface area contributed by atoms with Gasteiger partial charge in [0, 0.05) is 38.4 Å². The van der Waals surface area contributed by atoms with Crippen molar-refractivity contribution in [3.63, 3.8) is 0 Å². The molecule has 0 aromatic carbocycles. The van der Waals surface area contributed by atoms with Crippen molar-refractivity contribution in [3.05, 3.63) is 17.5 Å². The Morgan fingerprint density at radius 2 is 2.00 bits per heavy atom. The van der Waals surface area contributed by atoms with E-state index in [0.717, 1.165) is 12.1 Å². The zero-order chi connectivity index (χ0) is 16.2. The molecular weight excluding hydrogens is 304 g/mol. The molecule has 1 aliphatic heterocycles. The summed E-state index contributed by atoms with van der Waals surface area (Å²) in [6.45, 7) is 5.91. The van der Waals surface area contributed by atoms with Crippen LogP contribution in [0.2, 0.25) is 0 Å². The molecule has 1 saturated heterocycles. The highest BCUT2D eigenvalue weighted by molar-refractivity contribution is 7.87. The van der Waals surface area contributed by atoms with E-state index in [4.69, 9.17) is 5.26 Å². The smallest absolute Gasteiger partial charge is 0.279 e.